The highest BCUT2D eigenvalue weighted by molar-refractivity contribution is 5.66. The maximum atomic E-state index is 10.1. The summed E-state index contributed by atoms with van der Waals surface area (Å²) in [6.07, 6.45) is 10.5. The molecule has 0 bridgehead atoms. The molecule has 1 aromatic carbocycles. The molecule has 0 radical (unpaired) electrons. The molecule has 88 valence electrons. The Balaban J connectivity index is 1.99. The number of allylic oxidation sites excluding steroid dienone is 3. The Kier molecular flexibility index (Phi) is 4.14. The monoisotopic (exact) mass is 227 g/mol. The summed E-state index contributed by atoms with van der Waals surface area (Å²) in [5.41, 5.74) is 2.46. The van der Waals surface area contributed by atoms with Gasteiger partial charge in [0.1, 0.15) is 6.29 Å². The molecule has 0 amide bonds. The van der Waals surface area contributed by atoms with Crippen LogP contribution >= 0.6 is 0 Å². The first-order valence-electron chi connectivity index (χ1n) is 6.04. The van der Waals surface area contributed by atoms with Crippen molar-refractivity contribution >= 4 is 18.0 Å². The highest BCUT2D eigenvalue weighted by Crippen LogP contribution is 2.20. The largest absolute Gasteiger partial charge is 0.372 e. The molecule has 0 saturated carbocycles. The molecule has 0 aliphatic carbocycles. The van der Waals surface area contributed by atoms with Crippen LogP contribution in [0.2, 0.25) is 0 Å². The highest BCUT2D eigenvalue weighted by atomic mass is 16.1. The fraction of sp³-hybridized carbons (Fsp3) is 0.267. The average molecular weight is 227 g/mol. The molecule has 1 aliphatic heterocycles. The molecule has 1 aromatic rings. The molecular weight excluding hydrogens is 210 g/mol. The lowest BCUT2D eigenvalue weighted by Gasteiger charge is -2.17. The van der Waals surface area contributed by atoms with E-state index in [1.165, 1.54) is 37.7 Å². The Morgan fingerprint density at radius 3 is 2.29 bits per heavy atom. The third-order valence-electron chi connectivity index (χ3n) is 2.95. The van der Waals surface area contributed by atoms with E-state index < -0.39 is 0 Å². The van der Waals surface area contributed by atoms with E-state index in [1.807, 2.05) is 12.2 Å². The number of benzene rings is 1. The lowest BCUT2D eigenvalue weighted by atomic mass is 10.2. The van der Waals surface area contributed by atoms with Gasteiger partial charge in [0.2, 0.25) is 0 Å². The standard InChI is InChI=1S/C15H17NO/c17-13-5-1-2-6-14-7-9-15(10-8-14)16-11-3-4-12-16/h1-2,5-10,13H,3-4,11-12H2/b5-1+,6-2+. The summed E-state index contributed by atoms with van der Waals surface area (Å²) in [6, 6.07) is 8.54. The number of nitrogens with zero attached hydrogens (tertiary/aromatic N) is 1. The van der Waals surface area contributed by atoms with Crippen LogP contribution in [-0.2, 0) is 4.79 Å². The quantitative estimate of drug-likeness (QED) is 0.447. The van der Waals surface area contributed by atoms with E-state index in [0.717, 1.165) is 11.8 Å². The Hall–Kier alpha value is -1.83. The fourth-order valence-electron chi connectivity index (χ4n) is 2.05. The molecule has 1 saturated heterocycles. The van der Waals surface area contributed by atoms with Crippen LogP contribution in [0.4, 0.5) is 5.69 Å². The molecule has 0 unspecified atom stereocenters. The summed E-state index contributed by atoms with van der Waals surface area (Å²) in [7, 11) is 0. The summed E-state index contributed by atoms with van der Waals surface area (Å²) in [5, 5.41) is 0. The first kappa shape index (κ1) is 11.6. The average Bonchev–Trinajstić information content (AvgIpc) is 2.89. The molecule has 0 aromatic heterocycles. The Morgan fingerprint density at radius 1 is 0.941 bits per heavy atom. The van der Waals surface area contributed by atoms with E-state index in [2.05, 4.69) is 29.2 Å². The number of anilines is 1. The van der Waals surface area contributed by atoms with Gasteiger partial charge in [0.05, 0.1) is 0 Å². The molecule has 0 N–H and O–H groups in total. The number of rotatable bonds is 4. The lowest BCUT2D eigenvalue weighted by Crippen LogP contribution is -2.17. The number of hydrogen-bond donors (Lipinski definition) is 0. The molecule has 1 fully saturated rings. The van der Waals surface area contributed by atoms with Crippen LogP contribution in [0.1, 0.15) is 18.4 Å². The zero-order valence-corrected chi connectivity index (χ0v) is 9.88. The maximum absolute atomic E-state index is 10.1. The lowest BCUT2D eigenvalue weighted by molar-refractivity contribution is -0.104. The van der Waals surface area contributed by atoms with E-state index in [-0.39, 0.29) is 0 Å². The van der Waals surface area contributed by atoms with Gasteiger partial charge in [-0.3, -0.25) is 4.79 Å². The van der Waals surface area contributed by atoms with Crippen molar-refractivity contribution in [2.75, 3.05) is 18.0 Å². The van der Waals surface area contributed by atoms with E-state index >= 15 is 0 Å². The number of carbonyl (C=O) groups is 1. The highest BCUT2D eigenvalue weighted by Gasteiger charge is 2.11. The van der Waals surface area contributed by atoms with Gasteiger partial charge in [-0.15, -0.1) is 0 Å². The third-order valence-corrected chi connectivity index (χ3v) is 2.95. The molecule has 0 atom stereocenters. The summed E-state index contributed by atoms with van der Waals surface area (Å²) in [6.45, 7) is 2.36. The minimum atomic E-state index is 0.779. The van der Waals surface area contributed by atoms with Crippen LogP contribution in [0.5, 0.6) is 0 Å². The molecule has 2 rings (SSSR count). The van der Waals surface area contributed by atoms with Crippen LogP contribution in [0.3, 0.4) is 0 Å². The molecule has 1 aliphatic rings. The predicted molar refractivity (Wildman–Crippen MR) is 72.1 cm³/mol. The van der Waals surface area contributed by atoms with Crippen LogP contribution in [0.15, 0.2) is 42.5 Å². The Labute approximate surface area is 102 Å². The summed E-state index contributed by atoms with van der Waals surface area (Å²) in [5.74, 6) is 0. The van der Waals surface area contributed by atoms with E-state index in [9.17, 15) is 4.79 Å². The zero-order chi connectivity index (χ0) is 11.9. The predicted octanol–water partition coefficient (Wildman–Crippen LogP) is 3.06. The summed E-state index contributed by atoms with van der Waals surface area (Å²) < 4.78 is 0. The van der Waals surface area contributed by atoms with Crippen molar-refractivity contribution in [3.8, 4) is 0 Å². The minimum Gasteiger partial charge on any atom is -0.372 e. The van der Waals surface area contributed by atoms with Crippen LogP contribution in [0, 0.1) is 0 Å². The first-order valence-corrected chi connectivity index (χ1v) is 6.04. The fourth-order valence-corrected chi connectivity index (χ4v) is 2.05. The molecule has 2 heteroatoms. The van der Waals surface area contributed by atoms with E-state index in [4.69, 9.17) is 0 Å². The van der Waals surface area contributed by atoms with Gasteiger partial charge in [-0.1, -0.05) is 30.4 Å². The van der Waals surface area contributed by atoms with Gasteiger partial charge in [-0.25, -0.2) is 0 Å². The van der Waals surface area contributed by atoms with Crippen molar-refractivity contribution in [3.05, 3.63) is 48.1 Å². The molecule has 17 heavy (non-hydrogen) atoms. The van der Waals surface area contributed by atoms with Gasteiger partial charge in [-0.2, -0.15) is 0 Å². The second-order valence-electron chi connectivity index (χ2n) is 4.17. The number of carbonyl (C=O) groups excluding carboxylic acids is 1. The van der Waals surface area contributed by atoms with Crippen LogP contribution in [0.25, 0.3) is 6.08 Å². The zero-order valence-electron chi connectivity index (χ0n) is 9.88. The van der Waals surface area contributed by atoms with Crippen molar-refractivity contribution in [1.82, 2.24) is 0 Å². The van der Waals surface area contributed by atoms with Crippen molar-refractivity contribution in [1.29, 1.82) is 0 Å². The number of hydrogen-bond acceptors (Lipinski definition) is 2. The second kappa shape index (κ2) is 6.04. The van der Waals surface area contributed by atoms with Gasteiger partial charge in [0.25, 0.3) is 0 Å². The Bertz CT molecular complexity index is 411. The topological polar surface area (TPSA) is 20.3 Å². The number of aldehydes is 1. The van der Waals surface area contributed by atoms with Gasteiger partial charge in [-0.05, 0) is 36.6 Å². The molecule has 0 spiro atoms. The van der Waals surface area contributed by atoms with Crippen molar-refractivity contribution < 1.29 is 4.79 Å². The van der Waals surface area contributed by atoms with Crippen LogP contribution < -0.4 is 4.90 Å². The molecular formula is C15H17NO. The normalized spacial score (nSPS) is 16.1. The maximum Gasteiger partial charge on any atom is 0.142 e. The smallest absolute Gasteiger partial charge is 0.142 e. The third kappa shape index (κ3) is 3.31. The van der Waals surface area contributed by atoms with Gasteiger partial charge < -0.3 is 4.90 Å². The van der Waals surface area contributed by atoms with Crippen molar-refractivity contribution in [2.45, 2.75) is 12.8 Å². The van der Waals surface area contributed by atoms with Crippen LogP contribution in [-0.4, -0.2) is 19.4 Å². The van der Waals surface area contributed by atoms with E-state index in [1.54, 1.807) is 6.08 Å². The summed E-state index contributed by atoms with van der Waals surface area (Å²) >= 11 is 0. The Morgan fingerprint density at radius 2 is 1.65 bits per heavy atom. The van der Waals surface area contributed by atoms with Gasteiger partial charge in [0, 0.05) is 18.8 Å². The van der Waals surface area contributed by atoms with Crippen molar-refractivity contribution in [2.24, 2.45) is 0 Å². The summed E-state index contributed by atoms with van der Waals surface area (Å²) in [4.78, 5) is 12.5. The SMILES string of the molecule is O=C/C=C/C=C/c1ccc(N2CCCC2)cc1. The van der Waals surface area contributed by atoms with Gasteiger partial charge in [0.15, 0.2) is 0 Å². The van der Waals surface area contributed by atoms with E-state index in [0.29, 0.717) is 0 Å². The second-order valence-corrected chi connectivity index (χ2v) is 4.17. The van der Waals surface area contributed by atoms with Crippen molar-refractivity contribution in [3.63, 3.8) is 0 Å². The van der Waals surface area contributed by atoms with Gasteiger partial charge >= 0.3 is 0 Å². The molecule has 1 heterocycles. The first-order chi connectivity index (χ1) is 8.40. The minimum absolute atomic E-state index is 0.779. The molecule has 2 nitrogen and oxygen atoms in total.